The van der Waals surface area contributed by atoms with Gasteiger partial charge in [-0.3, -0.25) is 9.59 Å². The van der Waals surface area contributed by atoms with Crippen molar-refractivity contribution in [1.82, 2.24) is 19.8 Å². The van der Waals surface area contributed by atoms with Crippen molar-refractivity contribution in [1.29, 1.82) is 10.9 Å². The Hall–Kier alpha value is -3.69. The molecule has 0 bridgehead atoms. The molecule has 0 saturated carbocycles. The molecule has 0 saturated heterocycles. The zero-order valence-corrected chi connectivity index (χ0v) is 20.0. The summed E-state index contributed by atoms with van der Waals surface area (Å²) in [6, 6.07) is 8.30. The second kappa shape index (κ2) is 11.2. The third-order valence-corrected chi connectivity index (χ3v) is 6.73. The van der Waals surface area contributed by atoms with Crippen molar-refractivity contribution in [2.45, 2.75) is 57.7 Å². The molecule has 1 atom stereocenters. The summed E-state index contributed by atoms with van der Waals surface area (Å²) in [6.07, 6.45) is 6.58. The van der Waals surface area contributed by atoms with Crippen molar-refractivity contribution in [3.63, 3.8) is 0 Å². The molecule has 2 heterocycles. The van der Waals surface area contributed by atoms with E-state index in [9.17, 15) is 9.59 Å². The van der Waals surface area contributed by atoms with Gasteiger partial charge in [-0.25, -0.2) is 15.5 Å². The molecule has 1 aromatic heterocycles. The Balaban J connectivity index is 1.30. The molecular formula is C25H32N8O2. The average Bonchev–Trinajstić information content (AvgIpc) is 3.27. The van der Waals surface area contributed by atoms with Crippen molar-refractivity contribution >= 4 is 24.0 Å². The van der Waals surface area contributed by atoms with Crippen molar-refractivity contribution in [2.24, 2.45) is 5.11 Å². The molecule has 1 aromatic carbocycles. The average molecular weight is 477 g/mol. The summed E-state index contributed by atoms with van der Waals surface area (Å²) in [6.45, 7) is 2.85. The lowest BCUT2D eigenvalue weighted by Gasteiger charge is -2.30. The Bertz CT molecular complexity index is 1070. The minimum Gasteiger partial charge on any atom is -0.351 e. The number of carbonyl (C=O) groups excluding carboxylic acids is 2. The third-order valence-electron chi connectivity index (χ3n) is 6.73. The van der Waals surface area contributed by atoms with E-state index in [1.165, 1.54) is 23.0 Å². The lowest BCUT2D eigenvalue weighted by atomic mass is 10.1. The number of nitrogens with one attached hydrogen (secondary N) is 3. The van der Waals surface area contributed by atoms with Gasteiger partial charge in [-0.1, -0.05) is 24.3 Å². The van der Waals surface area contributed by atoms with Crippen LogP contribution in [0.2, 0.25) is 0 Å². The van der Waals surface area contributed by atoms with E-state index >= 15 is 0 Å². The SMILES string of the molecule is CC(=O)N(CCCC(C=N)N=N)CC(=O)N1CCc2nc(NC3Cc4ccccc4C3)ncc2C1. The van der Waals surface area contributed by atoms with Crippen LogP contribution in [-0.4, -0.2) is 69.5 Å². The molecule has 3 N–H and O–H groups in total. The van der Waals surface area contributed by atoms with Crippen LogP contribution in [0, 0.1) is 10.9 Å². The van der Waals surface area contributed by atoms with Crippen molar-refractivity contribution < 1.29 is 9.59 Å². The fourth-order valence-corrected chi connectivity index (χ4v) is 4.73. The third kappa shape index (κ3) is 6.06. The molecular weight excluding hydrogens is 444 g/mol. The minimum atomic E-state index is -0.471. The number of benzene rings is 1. The van der Waals surface area contributed by atoms with Crippen molar-refractivity contribution in [2.75, 3.05) is 25.0 Å². The molecule has 2 amide bonds. The molecule has 0 radical (unpaired) electrons. The monoisotopic (exact) mass is 476 g/mol. The van der Waals surface area contributed by atoms with Crippen LogP contribution >= 0.6 is 0 Å². The van der Waals surface area contributed by atoms with Crippen molar-refractivity contribution in [3.05, 3.63) is 52.8 Å². The zero-order valence-electron chi connectivity index (χ0n) is 20.0. The largest absolute Gasteiger partial charge is 0.351 e. The quantitative estimate of drug-likeness (QED) is 0.357. The normalized spacial score (nSPS) is 15.6. The maximum atomic E-state index is 12.9. The first-order chi connectivity index (χ1) is 17.0. The van der Waals surface area contributed by atoms with Crippen LogP contribution in [-0.2, 0) is 35.4 Å². The molecule has 1 aliphatic heterocycles. The number of aromatic nitrogens is 2. The van der Waals surface area contributed by atoms with E-state index in [0.29, 0.717) is 44.8 Å². The lowest BCUT2D eigenvalue weighted by Crippen LogP contribution is -2.44. The Morgan fingerprint density at radius 3 is 2.69 bits per heavy atom. The fraction of sp³-hybridized carbons (Fsp3) is 0.480. The zero-order chi connectivity index (χ0) is 24.8. The van der Waals surface area contributed by atoms with E-state index in [1.54, 1.807) is 11.1 Å². The number of hydrogen-bond donors (Lipinski definition) is 3. The summed E-state index contributed by atoms with van der Waals surface area (Å²) in [5, 5.41) is 14.1. The second-order valence-electron chi connectivity index (χ2n) is 9.19. The van der Waals surface area contributed by atoms with E-state index in [4.69, 9.17) is 15.9 Å². The molecule has 0 spiro atoms. The molecule has 184 valence electrons. The van der Waals surface area contributed by atoms with E-state index in [0.717, 1.165) is 30.3 Å². The first-order valence-electron chi connectivity index (χ1n) is 12.1. The van der Waals surface area contributed by atoms with Gasteiger partial charge in [-0.05, 0) is 36.8 Å². The molecule has 10 nitrogen and oxygen atoms in total. The number of hydrogen-bond acceptors (Lipinski definition) is 8. The van der Waals surface area contributed by atoms with Crippen LogP contribution in [0.3, 0.4) is 0 Å². The van der Waals surface area contributed by atoms with E-state index in [2.05, 4.69) is 39.7 Å². The number of amides is 2. The van der Waals surface area contributed by atoms with Crippen LogP contribution in [0.4, 0.5) is 5.95 Å². The summed E-state index contributed by atoms with van der Waals surface area (Å²) < 4.78 is 0. The first-order valence-corrected chi connectivity index (χ1v) is 12.1. The molecule has 10 heteroatoms. The van der Waals surface area contributed by atoms with E-state index < -0.39 is 6.04 Å². The lowest BCUT2D eigenvalue weighted by molar-refractivity contribution is -0.140. The standard InChI is InChI=1S/C25H32N8O2/c1-17(34)32(9-4-7-21(13-26)31-27)16-24(35)33-10-8-23-20(15-33)14-28-25(30-23)29-22-11-18-5-2-3-6-19(18)12-22/h2-3,5-6,13-14,21-22,26-27H,4,7-12,15-16H2,1H3,(H,28,29,30). The number of carbonyl (C=O) groups is 2. The van der Waals surface area contributed by atoms with Crippen LogP contribution in [0.25, 0.3) is 0 Å². The maximum absolute atomic E-state index is 12.9. The Morgan fingerprint density at radius 1 is 1.29 bits per heavy atom. The minimum absolute atomic E-state index is 0.0146. The number of anilines is 1. The molecule has 4 rings (SSSR count). The van der Waals surface area contributed by atoms with Gasteiger partial charge < -0.3 is 20.5 Å². The molecule has 35 heavy (non-hydrogen) atoms. The number of nitrogens with zero attached hydrogens (tertiary/aromatic N) is 5. The summed E-state index contributed by atoms with van der Waals surface area (Å²) in [7, 11) is 0. The Labute approximate surface area is 205 Å². The van der Waals surface area contributed by atoms with Gasteiger partial charge in [0, 0.05) is 57.0 Å². The van der Waals surface area contributed by atoms with Crippen molar-refractivity contribution in [3.8, 4) is 0 Å². The van der Waals surface area contributed by atoms with Gasteiger partial charge in [0.15, 0.2) is 0 Å². The number of rotatable bonds is 10. The molecule has 0 fully saturated rings. The van der Waals surface area contributed by atoms with Crippen LogP contribution in [0.1, 0.15) is 42.1 Å². The first kappa shape index (κ1) is 24.4. The topological polar surface area (TPSA) is 138 Å². The summed E-state index contributed by atoms with van der Waals surface area (Å²) in [5.41, 5.74) is 11.7. The number of fused-ring (bicyclic) bond motifs is 2. The second-order valence-corrected chi connectivity index (χ2v) is 9.19. The van der Waals surface area contributed by atoms with E-state index in [-0.39, 0.29) is 24.4 Å². The van der Waals surface area contributed by atoms with Crippen LogP contribution in [0.5, 0.6) is 0 Å². The van der Waals surface area contributed by atoms with Gasteiger partial charge in [0.2, 0.25) is 17.8 Å². The highest BCUT2D eigenvalue weighted by atomic mass is 16.2. The van der Waals surface area contributed by atoms with Gasteiger partial charge in [0.05, 0.1) is 12.2 Å². The summed E-state index contributed by atoms with van der Waals surface area (Å²) >= 11 is 0. The Morgan fingerprint density at radius 2 is 2.03 bits per heavy atom. The highest BCUT2D eigenvalue weighted by molar-refractivity contribution is 5.84. The molecule has 2 aromatic rings. The molecule has 2 aliphatic rings. The van der Waals surface area contributed by atoms with Crippen LogP contribution in [0.15, 0.2) is 35.6 Å². The molecule has 1 unspecified atom stereocenters. The summed E-state index contributed by atoms with van der Waals surface area (Å²) in [5.74, 6) is 0.357. The van der Waals surface area contributed by atoms with Gasteiger partial charge in [-0.2, -0.15) is 5.11 Å². The van der Waals surface area contributed by atoms with Gasteiger partial charge in [0.1, 0.15) is 6.04 Å². The fourth-order valence-electron chi connectivity index (χ4n) is 4.73. The van der Waals surface area contributed by atoms with Crippen LogP contribution < -0.4 is 5.32 Å². The highest BCUT2D eigenvalue weighted by Gasteiger charge is 2.26. The summed E-state index contributed by atoms with van der Waals surface area (Å²) in [4.78, 5) is 37.5. The predicted octanol–water partition coefficient (Wildman–Crippen LogP) is 2.62. The van der Waals surface area contributed by atoms with Gasteiger partial charge >= 0.3 is 0 Å². The molecule has 1 aliphatic carbocycles. The Kier molecular flexibility index (Phi) is 7.79. The van der Waals surface area contributed by atoms with Gasteiger partial charge in [-0.15, -0.1) is 0 Å². The smallest absolute Gasteiger partial charge is 0.242 e. The van der Waals surface area contributed by atoms with E-state index in [1.807, 2.05) is 0 Å². The predicted molar refractivity (Wildman–Crippen MR) is 132 cm³/mol. The van der Waals surface area contributed by atoms with Gasteiger partial charge in [0.25, 0.3) is 0 Å². The highest BCUT2D eigenvalue weighted by Crippen LogP contribution is 2.24. The maximum Gasteiger partial charge on any atom is 0.242 e.